The van der Waals surface area contributed by atoms with E-state index in [1.807, 2.05) is 16.9 Å². The minimum Gasteiger partial charge on any atom is -0.360 e. The van der Waals surface area contributed by atoms with Crippen LogP contribution < -0.4 is 10.2 Å². The van der Waals surface area contributed by atoms with E-state index >= 15 is 0 Å². The van der Waals surface area contributed by atoms with Crippen LogP contribution in [-0.2, 0) is 4.79 Å². The van der Waals surface area contributed by atoms with E-state index in [1.54, 1.807) is 12.1 Å². The molecule has 6 rings (SSSR count). The maximum atomic E-state index is 13.4. The number of carbonyl (C=O) groups excluding carboxylic acids is 1. The summed E-state index contributed by atoms with van der Waals surface area (Å²) in [5.74, 6) is 0.117. The van der Waals surface area contributed by atoms with Crippen LogP contribution in [0.4, 0.5) is 10.1 Å². The number of fused-ring (bicyclic) bond motifs is 1. The van der Waals surface area contributed by atoms with Crippen LogP contribution in [0.2, 0.25) is 0 Å². The minimum absolute atomic E-state index is 0.0585. The number of amides is 1. The van der Waals surface area contributed by atoms with Crippen molar-refractivity contribution in [2.24, 2.45) is 5.92 Å². The molecule has 3 aromatic carbocycles. The fourth-order valence-electron chi connectivity index (χ4n) is 5.29. The number of rotatable bonds is 5. The molecule has 0 bridgehead atoms. The fourth-order valence-corrected chi connectivity index (χ4v) is 5.29. The van der Waals surface area contributed by atoms with Crippen molar-refractivity contribution in [1.82, 2.24) is 15.1 Å². The first-order chi connectivity index (χ1) is 16.6. The number of halogens is 1. The zero-order valence-corrected chi connectivity index (χ0v) is 19.1. The zero-order valence-electron chi connectivity index (χ0n) is 19.1. The molecule has 0 radical (unpaired) electrons. The standard InChI is InChI=1S/C28H27FN4O/c1-18-15-25(31-28(34)20-7-8-20)27(19-5-3-2-4-6-19)32(18)24-13-14-26-21(16-24)17-30-33(26)23-11-9-22(29)10-12-23/h2-6,9-14,16-18,20,25,27H,7-8,15H2,1H3,(H,31,34)/t18-,25+,27?/m1/s1. The normalized spacial score (nSPS) is 22.3. The highest BCUT2D eigenvalue weighted by Gasteiger charge is 2.42. The molecule has 1 N–H and O–H groups in total. The molecule has 2 aliphatic rings. The number of nitrogens with one attached hydrogen (secondary N) is 1. The Morgan fingerprint density at radius 1 is 1.00 bits per heavy atom. The van der Waals surface area contributed by atoms with Crippen molar-refractivity contribution in [1.29, 1.82) is 0 Å². The van der Waals surface area contributed by atoms with E-state index in [0.29, 0.717) is 0 Å². The molecule has 4 aromatic rings. The fraction of sp³-hybridized carbons (Fsp3) is 0.286. The SMILES string of the molecule is C[C@@H]1C[C@H](NC(=O)C2CC2)C(c2ccccc2)N1c1ccc2c(cnn2-c2ccc(F)cc2)c1. The summed E-state index contributed by atoms with van der Waals surface area (Å²) in [6, 6.07) is 23.6. The topological polar surface area (TPSA) is 50.2 Å². The van der Waals surface area contributed by atoms with Crippen molar-refractivity contribution in [2.45, 2.75) is 44.3 Å². The average Bonchev–Trinajstić information content (AvgIpc) is 3.55. The molecule has 2 heterocycles. The second-order valence-corrected chi connectivity index (χ2v) is 9.51. The van der Waals surface area contributed by atoms with Gasteiger partial charge in [0.2, 0.25) is 5.91 Å². The molecule has 5 nitrogen and oxygen atoms in total. The van der Waals surface area contributed by atoms with Gasteiger partial charge in [-0.25, -0.2) is 9.07 Å². The largest absolute Gasteiger partial charge is 0.360 e. The van der Waals surface area contributed by atoms with Crippen LogP contribution >= 0.6 is 0 Å². The second-order valence-electron chi connectivity index (χ2n) is 9.51. The van der Waals surface area contributed by atoms with Crippen molar-refractivity contribution >= 4 is 22.5 Å². The van der Waals surface area contributed by atoms with Gasteiger partial charge in [0.1, 0.15) is 5.82 Å². The Morgan fingerprint density at radius 3 is 2.47 bits per heavy atom. The Labute approximate surface area is 198 Å². The van der Waals surface area contributed by atoms with E-state index < -0.39 is 0 Å². The van der Waals surface area contributed by atoms with Gasteiger partial charge >= 0.3 is 0 Å². The van der Waals surface area contributed by atoms with Crippen LogP contribution in [0.5, 0.6) is 0 Å². The van der Waals surface area contributed by atoms with E-state index in [4.69, 9.17) is 0 Å². The van der Waals surface area contributed by atoms with E-state index in [0.717, 1.165) is 41.5 Å². The maximum absolute atomic E-state index is 13.4. The first kappa shape index (κ1) is 20.9. The van der Waals surface area contributed by atoms with Gasteiger partial charge in [-0.15, -0.1) is 0 Å². The molecule has 0 spiro atoms. The third-order valence-electron chi connectivity index (χ3n) is 7.09. The summed E-state index contributed by atoms with van der Waals surface area (Å²) in [7, 11) is 0. The van der Waals surface area contributed by atoms with Gasteiger partial charge in [-0.1, -0.05) is 30.3 Å². The molecule has 1 saturated carbocycles. The van der Waals surface area contributed by atoms with E-state index in [-0.39, 0.29) is 35.8 Å². The molecule has 1 aliphatic carbocycles. The van der Waals surface area contributed by atoms with Gasteiger partial charge in [0.15, 0.2) is 0 Å². The molecule has 6 heteroatoms. The monoisotopic (exact) mass is 454 g/mol. The number of carbonyl (C=O) groups is 1. The minimum atomic E-state index is -0.263. The summed E-state index contributed by atoms with van der Waals surface area (Å²) in [6.07, 6.45) is 4.75. The van der Waals surface area contributed by atoms with E-state index in [9.17, 15) is 9.18 Å². The van der Waals surface area contributed by atoms with E-state index in [2.05, 4.69) is 64.7 Å². The third-order valence-corrected chi connectivity index (χ3v) is 7.09. The predicted molar refractivity (Wildman–Crippen MR) is 131 cm³/mol. The first-order valence-electron chi connectivity index (χ1n) is 12.0. The summed E-state index contributed by atoms with van der Waals surface area (Å²) >= 11 is 0. The van der Waals surface area contributed by atoms with Crippen molar-refractivity contribution in [3.8, 4) is 5.69 Å². The molecule has 1 aliphatic heterocycles. The maximum Gasteiger partial charge on any atom is 0.223 e. The summed E-state index contributed by atoms with van der Waals surface area (Å²) < 4.78 is 15.2. The Balaban J connectivity index is 1.37. The highest BCUT2D eigenvalue weighted by atomic mass is 19.1. The number of hydrogen-bond donors (Lipinski definition) is 1. The van der Waals surface area contributed by atoms with Gasteiger partial charge in [-0.3, -0.25) is 4.79 Å². The predicted octanol–water partition coefficient (Wildman–Crippen LogP) is 5.40. The molecule has 2 fully saturated rings. The lowest BCUT2D eigenvalue weighted by Gasteiger charge is -2.33. The summed E-state index contributed by atoms with van der Waals surface area (Å²) in [4.78, 5) is 15.1. The number of benzene rings is 3. The number of anilines is 1. The molecule has 1 saturated heterocycles. The lowest BCUT2D eigenvalue weighted by atomic mass is 9.99. The molecule has 172 valence electrons. The van der Waals surface area contributed by atoms with E-state index in [1.165, 1.54) is 17.7 Å². The molecule has 3 atom stereocenters. The van der Waals surface area contributed by atoms with Gasteiger partial charge in [-0.2, -0.15) is 5.10 Å². The lowest BCUT2D eigenvalue weighted by Crippen LogP contribution is -2.40. The van der Waals surface area contributed by atoms with Gasteiger partial charge in [0.05, 0.1) is 29.5 Å². The van der Waals surface area contributed by atoms with Crippen molar-refractivity contribution in [3.63, 3.8) is 0 Å². The summed E-state index contributed by atoms with van der Waals surface area (Å²) in [6.45, 7) is 2.23. The van der Waals surface area contributed by atoms with Crippen molar-refractivity contribution in [2.75, 3.05) is 4.90 Å². The number of nitrogens with zero attached hydrogens (tertiary/aromatic N) is 3. The van der Waals surface area contributed by atoms with Crippen LogP contribution in [0.1, 0.15) is 37.8 Å². The highest BCUT2D eigenvalue weighted by molar-refractivity contribution is 5.85. The van der Waals surface area contributed by atoms with Crippen molar-refractivity contribution in [3.05, 3.63) is 90.4 Å². The smallest absolute Gasteiger partial charge is 0.223 e. The molecule has 1 amide bonds. The van der Waals surface area contributed by atoms with Crippen LogP contribution in [0.15, 0.2) is 79.0 Å². The second kappa shape index (κ2) is 8.28. The van der Waals surface area contributed by atoms with Crippen molar-refractivity contribution < 1.29 is 9.18 Å². The van der Waals surface area contributed by atoms with Gasteiger partial charge in [-0.05, 0) is 74.2 Å². The Kier molecular flexibility index (Phi) is 5.09. The molecule has 1 unspecified atom stereocenters. The Hall–Kier alpha value is -3.67. The quantitative estimate of drug-likeness (QED) is 0.439. The summed E-state index contributed by atoms with van der Waals surface area (Å²) in [5, 5.41) is 8.94. The third kappa shape index (κ3) is 3.73. The van der Waals surface area contributed by atoms with Gasteiger partial charge < -0.3 is 10.2 Å². The molecular weight excluding hydrogens is 427 g/mol. The van der Waals surface area contributed by atoms with Gasteiger partial charge in [0, 0.05) is 23.0 Å². The average molecular weight is 455 g/mol. The van der Waals surface area contributed by atoms with Crippen LogP contribution in [0, 0.1) is 11.7 Å². The Morgan fingerprint density at radius 2 is 1.74 bits per heavy atom. The zero-order chi connectivity index (χ0) is 23.2. The molecule has 1 aromatic heterocycles. The molecular formula is C28H27FN4O. The number of aromatic nitrogens is 2. The van der Waals surface area contributed by atoms with Gasteiger partial charge in [0.25, 0.3) is 0 Å². The molecule has 34 heavy (non-hydrogen) atoms. The number of hydrogen-bond acceptors (Lipinski definition) is 3. The lowest BCUT2D eigenvalue weighted by molar-refractivity contribution is -0.123. The highest BCUT2D eigenvalue weighted by Crippen LogP contribution is 2.42. The van der Waals surface area contributed by atoms with Crippen LogP contribution in [-0.4, -0.2) is 27.8 Å². The van der Waals surface area contributed by atoms with Crippen LogP contribution in [0.3, 0.4) is 0 Å². The Bertz CT molecular complexity index is 1330. The summed E-state index contributed by atoms with van der Waals surface area (Å²) in [5.41, 5.74) is 4.10. The first-order valence-corrected chi connectivity index (χ1v) is 12.0. The van der Waals surface area contributed by atoms with Crippen LogP contribution in [0.25, 0.3) is 16.6 Å².